The molecule has 1 N–H and O–H groups in total. The van der Waals surface area contributed by atoms with Crippen LogP contribution in [0, 0.1) is 12.7 Å². The first kappa shape index (κ1) is 13.8. The van der Waals surface area contributed by atoms with Gasteiger partial charge in [0.15, 0.2) is 0 Å². The first-order chi connectivity index (χ1) is 9.15. The number of hydrogen-bond acceptors (Lipinski definition) is 1. The SMILES string of the molecule is Cc1cc(CNC(C)Cc2ccccc2)ccc1F. The molecule has 0 aliphatic heterocycles. The molecule has 0 aromatic heterocycles. The minimum atomic E-state index is -0.138. The number of nitrogens with one attached hydrogen (secondary N) is 1. The van der Waals surface area contributed by atoms with Crippen LogP contribution in [-0.2, 0) is 13.0 Å². The molecule has 0 bridgehead atoms. The third-order valence-electron chi connectivity index (χ3n) is 3.26. The van der Waals surface area contributed by atoms with E-state index in [9.17, 15) is 4.39 Å². The van der Waals surface area contributed by atoms with Crippen molar-refractivity contribution >= 4 is 0 Å². The van der Waals surface area contributed by atoms with Crippen molar-refractivity contribution in [1.82, 2.24) is 5.32 Å². The molecule has 0 fully saturated rings. The maximum atomic E-state index is 13.2. The molecule has 2 rings (SSSR count). The zero-order valence-corrected chi connectivity index (χ0v) is 11.5. The van der Waals surface area contributed by atoms with E-state index < -0.39 is 0 Å². The van der Waals surface area contributed by atoms with Crippen LogP contribution in [0.3, 0.4) is 0 Å². The van der Waals surface area contributed by atoms with E-state index in [2.05, 4.69) is 36.5 Å². The van der Waals surface area contributed by atoms with Gasteiger partial charge < -0.3 is 5.32 Å². The van der Waals surface area contributed by atoms with E-state index in [4.69, 9.17) is 0 Å². The van der Waals surface area contributed by atoms with E-state index in [0.717, 1.165) is 18.5 Å². The van der Waals surface area contributed by atoms with Crippen molar-refractivity contribution in [2.24, 2.45) is 0 Å². The van der Waals surface area contributed by atoms with Gasteiger partial charge in [-0.1, -0.05) is 42.5 Å². The summed E-state index contributed by atoms with van der Waals surface area (Å²) in [6.07, 6.45) is 1.00. The highest BCUT2D eigenvalue weighted by Crippen LogP contribution is 2.10. The Labute approximate surface area is 114 Å². The Hall–Kier alpha value is -1.67. The fourth-order valence-electron chi connectivity index (χ4n) is 2.15. The van der Waals surface area contributed by atoms with Crippen molar-refractivity contribution in [3.63, 3.8) is 0 Å². The van der Waals surface area contributed by atoms with Gasteiger partial charge in [-0.2, -0.15) is 0 Å². The summed E-state index contributed by atoms with van der Waals surface area (Å²) in [5.74, 6) is -0.138. The second kappa shape index (κ2) is 6.48. The Bertz CT molecular complexity index is 522. The molecule has 0 saturated carbocycles. The highest BCUT2D eigenvalue weighted by atomic mass is 19.1. The summed E-state index contributed by atoms with van der Waals surface area (Å²) in [6.45, 7) is 4.74. The fourth-order valence-corrected chi connectivity index (χ4v) is 2.15. The molecule has 2 aromatic rings. The molecule has 0 radical (unpaired) electrons. The average molecular weight is 257 g/mol. The van der Waals surface area contributed by atoms with Crippen LogP contribution in [-0.4, -0.2) is 6.04 Å². The van der Waals surface area contributed by atoms with Crippen molar-refractivity contribution in [3.8, 4) is 0 Å². The fraction of sp³-hybridized carbons (Fsp3) is 0.294. The quantitative estimate of drug-likeness (QED) is 0.857. The van der Waals surface area contributed by atoms with Crippen LogP contribution in [0.2, 0.25) is 0 Å². The minimum absolute atomic E-state index is 0.138. The molecule has 2 heteroatoms. The molecule has 0 spiro atoms. The van der Waals surface area contributed by atoms with E-state index in [1.165, 1.54) is 11.6 Å². The Kier molecular flexibility index (Phi) is 4.69. The van der Waals surface area contributed by atoms with Gasteiger partial charge >= 0.3 is 0 Å². The molecule has 19 heavy (non-hydrogen) atoms. The summed E-state index contributed by atoms with van der Waals surface area (Å²) < 4.78 is 13.2. The van der Waals surface area contributed by atoms with Crippen molar-refractivity contribution in [2.45, 2.75) is 32.9 Å². The Balaban J connectivity index is 1.86. The molecule has 0 saturated heterocycles. The van der Waals surface area contributed by atoms with Crippen molar-refractivity contribution in [3.05, 3.63) is 71.0 Å². The molecule has 1 atom stereocenters. The van der Waals surface area contributed by atoms with Crippen LogP contribution < -0.4 is 5.32 Å². The largest absolute Gasteiger partial charge is 0.310 e. The second-order valence-electron chi connectivity index (χ2n) is 5.06. The van der Waals surface area contributed by atoms with Gasteiger partial charge in [-0.15, -0.1) is 0 Å². The average Bonchev–Trinajstić information content (AvgIpc) is 2.41. The summed E-state index contributed by atoms with van der Waals surface area (Å²) in [5.41, 5.74) is 3.16. The summed E-state index contributed by atoms with van der Waals surface area (Å²) in [6, 6.07) is 16.1. The van der Waals surface area contributed by atoms with Gasteiger partial charge in [-0.25, -0.2) is 4.39 Å². The van der Waals surface area contributed by atoms with Gasteiger partial charge in [0.05, 0.1) is 0 Å². The number of halogens is 1. The Morgan fingerprint density at radius 2 is 1.79 bits per heavy atom. The monoisotopic (exact) mass is 257 g/mol. The molecule has 100 valence electrons. The van der Waals surface area contributed by atoms with E-state index in [1.54, 1.807) is 6.92 Å². The lowest BCUT2D eigenvalue weighted by atomic mass is 10.1. The topological polar surface area (TPSA) is 12.0 Å². The summed E-state index contributed by atoms with van der Waals surface area (Å²) in [4.78, 5) is 0. The lowest BCUT2D eigenvalue weighted by molar-refractivity contribution is 0.544. The lowest BCUT2D eigenvalue weighted by Gasteiger charge is -2.14. The van der Waals surface area contributed by atoms with Gasteiger partial charge in [0.2, 0.25) is 0 Å². The predicted octanol–water partition coefficient (Wildman–Crippen LogP) is 3.85. The van der Waals surface area contributed by atoms with Crippen LogP contribution in [0.4, 0.5) is 4.39 Å². The summed E-state index contributed by atoms with van der Waals surface area (Å²) >= 11 is 0. The predicted molar refractivity (Wildman–Crippen MR) is 77.6 cm³/mol. The van der Waals surface area contributed by atoms with Gasteiger partial charge in [0.1, 0.15) is 5.82 Å². The smallest absolute Gasteiger partial charge is 0.126 e. The lowest BCUT2D eigenvalue weighted by Crippen LogP contribution is -2.27. The minimum Gasteiger partial charge on any atom is -0.310 e. The first-order valence-corrected chi connectivity index (χ1v) is 6.67. The van der Waals surface area contributed by atoms with Crippen LogP contribution >= 0.6 is 0 Å². The zero-order chi connectivity index (χ0) is 13.7. The van der Waals surface area contributed by atoms with Crippen LogP contribution in [0.5, 0.6) is 0 Å². The molecule has 1 unspecified atom stereocenters. The van der Waals surface area contributed by atoms with E-state index in [1.807, 2.05) is 18.2 Å². The van der Waals surface area contributed by atoms with Crippen molar-refractivity contribution in [2.75, 3.05) is 0 Å². The highest BCUT2D eigenvalue weighted by Gasteiger charge is 2.04. The molecule has 2 aromatic carbocycles. The Morgan fingerprint density at radius 1 is 1.05 bits per heavy atom. The Morgan fingerprint density at radius 3 is 2.47 bits per heavy atom. The number of aryl methyl sites for hydroxylation is 1. The van der Waals surface area contributed by atoms with Gasteiger partial charge in [0, 0.05) is 12.6 Å². The molecular formula is C17H20FN. The van der Waals surface area contributed by atoms with Gasteiger partial charge in [-0.05, 0) is 43.0 Å². The number of rotatable bonds is 5. The van der Waals surface area contributed by atoms with Crippen molar-refractivity contribution < 1.29 is 4.39 Å². The normalized spacial score (nSPS) is 12.4. The number of hydrogen-bond donors (Lipinski definition) is 1. The van der Waals surface area contributed by atoms with E-state index in [-0.39, 0.29) is 5.82 Å². The molecule has 1 nitrogen and oxygen atoms in total. The third kappa shape index (κ3) is 4.18. The summed E-state index contributed by atoms with van der Waals surface area (Å²) in [7, 11) is 0. The van der Waals surface area contributed by atoms with Crippen LogP contribution in [0.25, 0.3) is 0 Å². The van der Waals surface area contributed by atoms with E-state index in [0.29, 0.717) is 11.6 Å². The molecule has 0 heterocycles. The van der Waals surface area contributed by atoms with Crippen LogP contribution in [0.15, 0.2) is 48.5 Å². The van der Waals surface area contributed by atoms with Gasteiger partial charge in [-0.3, -0.25) is 0 Å². The third-order valence-corrected chi connectivity index (χ3v) is 3.26. The van der Waals surface area contributed by atoms with Crippen LogP contribution in [0.1, 0.15) is 23.6 Å². The molecule has 0 aliphatic carbocycles. The number of benzene rings is 2. The molecule has 0 aliphatic rings. The maximum Gasteiger partial charge on any atom is 0.126 e. The maximum absolute atomic E-state index is 13.2. The van der Waals surface area contributed by atoms with E-state index >= 15 is 0 Å². The molecular weight excluding hydrogens is 237 g/mol. The first-order valence-electron chi connectivity index (χ1n) is 6.67. The highest BCUT2D eigenvalue weighted by molar-refractivity contribution is 5.24. The van der Waals surface area contributed by atoms with Crippen molar-refractivity contribution in [1.29, 1.82) is 0 Å². The zero-order valence-electron chi connectivity index (χ0n) is 11.5. The second-order valence-corrected chi connectivity index (χ2v) is 5.06. The van der Waals surface area contributed by atoms with Gasteiger partial charge in [0.25, 0.3) is 0 Å². The molecule has 0 amide bonds. The standard InChI is InChI=1S/C17H20FN/c1-13-10-16(8-9-17(13)18)12-19-14(2)11-15-6-4-3-5-7-15/h3-10,14,19H,11-12H2,1-2H3. The summed E-state index contributed by atoms with van der Waals surface area (Å²) in [5, 5.41) is 3.47.